The van der Waals surface area contributed by atoms with Crippen molar-refractivity contribution in [2.45, 2.75) is 39.5 Å². The Morgan fingerprint density at radius 2 is 1.83 bits per heavy atom. The van der Waals surface area contributed by atoms with E-state index in [0.717, 1.165) is 11.1 Å². The fourth-order valence-electron chi connectivity index (χ4n) is 2.87. The fraction of sp³-hybridized carbons (Fsp3) is 0.409. The predicted octanol–water partition coefficient (Wildman–Crippen LogP) is 5.10. The van der Waals surface area contributed by atoms with Gasteiger partial charge in [0, 0.05) is 36.7 Å². The van der Waals surface area contributed by atoms with Gasteiger partial charge in [0.15, 0.2) is 17.6 Å². The van der Waals surface area contributed by atoms with Gasteiger partial charge in [-0.1, -0.05) is 35.3 Å². The molecule has 0 heterocycles. The van der Waals surface area contributed by atoms with Crippen molar-refractivity contribution in [1.29, 1.82) is 0 Å². The molecule has 0 aliphatic rings. The quantitative estimate of drug-likeness (QED) is 0.591. The number of nitrogens with zero attached hydrogens (tertiary/aromatic N) is 1. The molecule has 29 heavy (non-hydrogen) atoms. The Hall–Kier alpha value is -1.95. The lowest BCUT2D eigenvalue weighted by Crippen LogP contribution is -2.35. The number of ether oxygens (including phenoxy) is 2. The molecule has 0 spiro atoms. The average molecular weight is 439 g/mol. The number of hydrogen-bond acceptors (Lipinski definition) is 4. The first-order chi connectivity index (χ1) is 13.7. The van der Waals surface area contributed by atoms with Crippen molar-refractivity contribution in [3.63, 3.8) is 0 Å². The summed E-state index contributed by atoms with van der Waals surface area (Å²) >= 11 is 12.3. The molecule has 0 bridgehead atoms. The van der Waals surface area contributed by atoms with Crippen LogP contribution in [0.25, 0.3) is 0 Å². The second-order valence-electron chi connectivity index (χ2n) is 6.98. The van der Waals surface area contributed by atoms with Gasteiger partial charge >= 0.3 is 0 Å². The third-order valence-corrected chi connectivity index (χ3v) is 5.00. The lowest BCUT2D eigenvalue weighted by atomic mass is 10.1. The largest absolute Gasteiger partial charge is 0.490 e. The van der Waals surface area contributed by atoms with Crippen LogP contribution in [-0.4, -0.2) is 37.6 Å². The number of likely N-dealkylation sites (N-methyl/N-ethyl adjacent to an activating group) is 1. The smallest absolute Gasteiger partial charge is 0.262 e. The Morgan fingerprint density at radius 1 is 1.10 bits per heavy atom. The molecule has 158 valence electrons. The van der Waals surface area contributed by atoms with Crippen molar-refractivity contribution in [2.24, 2.45) is 0 Å². The molecule has 1 amide bonds. The lowest BCUT2D eigenvalue weighted by Gasteiger charge is -2.21. The van der Waals surface area contributed by atoms with Gasteiger partial charge in [-0.15, -0.1) is 0 Å². The van der Waals surface area contributed by atoms with Crippen LogP contribution in [0.3, 0.4) is 0 Å². The summed E-state index contributed by atoms with van der Waals surface area (Å²) in [6, 6.07) is 11.3. The monoisotopic (exact) mass is 438 g/mol. The predicted molar refractivity (Wildman–Crippen MR) is 118 cm³/mol. The highest BCUT2D eigenvalue weighted by molar-refractivity contribution is 6.35. The Bertz CT molecular complexity index is 843. The van der Waals surface area contributed by atoms with E-state index in [1.165, 1.54) is 4.90 Å². The van der Waals surface area contributed by atoms with Crippen LogP contribution in [0.15, 0.2) is 36.4 Å². The van der Waals surface area contributed by atoms with Crippen LogP contribution in [0, 0.1) is 0 Å². The molecule has 2 unspecified atom stereocenters. The van der Waals surface area contributed by atoms with Crippen LogP contribution >= 0.6 is 23.2 Å². The first kappa shape index (κ1) is 23.3. The number of hydrogen-bond donors (Lipinski definition) is 1. The zero-order valence-electron chi connectivity index (χ0n) is 17.5. The van der Waals surface area contributed by atoms with Gasteiger partial charge in [-0.25, -0.2) is 0 Å². The molecule has 0 saturated carbocycles. The summed E-state index contributed by atoms with van der Waals surface area (Å²) in [6.07, 6.45) is -0.597. The molecule has 2 rings (SSSR count). The molecule has 2 aromatic rings. The van der Waals surface area contributed by atoms with Crippen molar-refractivity contribution in [3.05, 3.63) is 57.6 Å². The summed E-state index contributed by atoms with van der Waals surface area (Å²) in [5.41, 5.74) is 2.02. The van der Waals surface area contributed by atoms with E-state index in [2.05, 4.69) is 5.32 Å². The minimum atomic E-state index is -0.597. The molecule has 0 saturated heterocycles. The van der Waals surface area contributed by atoms with Crippen molar-refractivity contribution in [3.8, 4) is 11.5 Å². The molecule has 7 heteroatoms. The molecule has 0 aliphatic heterocycles. The van der Waals surface area contributed by atoms with E-state index in [9.17, 15) is 4.79 Å². The molecule has 1 N–H and O–H groups in total. The van der Waals surface area contributed by atoms with E-state index < -0.39 is 6.10 Å². The molecule has 5 nitrogen and oxygen atoms in total. The van der Waals surface area contributed by atoms with Gasteiger partial charge in [0.05, 0.1) is 6.61 Å². The molecule has 2 atom stereocenters. The maximum Gasteiger partial charge on any atom is 0.262 e. The summed E-state index contributed by atoms with van der Waals surface area (Å²) in [5, 5.41) is 4.70. The van der Waals surface area contributed by atoms with Crippen molar-refractivity contribution in [2.75, 3.05) is 20.7 Å². The minimum absolute atomic E-state index is 0.0453. The Balaban J connectivity index is 2.09. The molecule has 0 aromatic heterocycles. The zero-order valence-corrected chi connectivity index (χ0v) is 19.0. The van der Waals surface area contributed by atoms with Gasteiger partial charge in [0.2, 0.25) is 0 Å². The van der Waals surface area contributed by atoms with Crippen LogP contribution in [-0.2, 0) is 11.3 Å². The number of benzene rings is 2. The fourth-order valence-corrected chi connectivity index (χ4v) is 3.44. The highest BCUT2D eigenvalue weighted by Gasteiger charge is 2.19. The normalized spacial score (nSPS) is 12.9. The Labute approximate surface area is 182 Å². The maximum absolute atomic E-state index is 12.1. The minimum Gasteiger partial charge on any atom is -0.490 e. The van der Waals surface area contributed by atoms with Crippen LogP contribution in [0.5, 0.6) is 11.5 Å². The first-order valence-corrected chi connectivity index (χ1v) is 10.3. The van der Waals surface area contributed by atoms with Crippen molar-refractivity contribution in [1.82, 2.24) is 10.2 Å². The standard InChI is InChI=1S/C22H28Cl2N2O3/c1-6-28-21-11-16(7-10-20(21)29-15(3)22(27)26(4)5)13-25-14(2)18-9-8-17(23)12-19(18)24/h7-12,14-15,25H,6,13H2,1-5H3. The number of halogens is 2. The highest BCUT2D eigenvalue weighted by Crippen LogP contribution is 2.30. The topological polar surface area (TPSA) is 50.8 Å². The molecular weight excluding hydrogens is 411 g/mol. The molecule has 0 aliphatic carbocycles. The highest BCUT2D eigenvalue weighted by atomic mass is 35.5. The third-order valence-electron chi connectivity index (χ3n) is 4.44. The maximum atomic E-state index is 12.1. The van der Waals surface area contributed by atoms with Gasteiger partial charge < -0.3 is 19.7 Å². The summed E-state index contributed by atoms with van der Waals surface area (Å²) in [4.78, 5) is 13.6. The number of carbonyl (C=O) groups excluding carboxylic acids is 1. The average Bonchev–Trinajstić information content (AvgIpc) is 2.67. The van der Waals surface area contributed by atoms with Gasteiger partial charge in [0.25, 0.3) is 5.91 Å². The summed E-state index contributed by atoms with van der Waals surface area (Å²) in [6.45, 7) is 6.80. The third kappa shape index (κ3) is 6.53. The van der Waals surface area contributed by atoms with Crippen LogP contribution in [0.2, 0.25) is 10.0 Å². The van der Waals surface area contributed by atoms with Gasteiger partial charge in [-0.3, -0.25) is 4.79 Å². The number of amides is 1. The van der Waals surface area contributed by atoms with E-state index in [1.807, 2.05) is 44.2 Å². The van der Waals surface area contributed by atoms with Crippen molar-refractivity contribution >= 4 is 29.1 Å². The number of rotatable bonds is 9. The molecule has 2 aromatic carbocycles. The SMILES string of the molecule is CCOc1cc(CNC(C)c2ccc(Cl)cc2Cl)ccc1OC(C)C(=O)N(C)C. The lowest BCUT2D eigenvalue weighted by molar-refractivity contribution is -0.135. The summed E-state index contributed by atoms with van der Waals surface area (Å²) in [7, 11) is 3.41. The number of carbonyl (C=O) groups is 1. The second-order valence-corrected chi connectivity index (χ2v) is 7.82. The van der Waals surface area contributed by atoms with Crippen LogP contribution in [0.4, 0.5) is 0 Å². The van der Waals surface area contributed by atoms with E-state index in [0.29, 0.717) is 34.7 Å². The second kappa shape index (κ2) is 10.7. The Kier molecular flexibility index (Phi) is 8.62. The molecule has 0 fully saturated rings. The van der Waals surface area contributed by atoms with Crippen molar-refractivity contribution < 1.29 is 14.3 Å². The van der Waals surface area contributed by atoms with E-state index in [1.54, 1.807) is 27.1 Å². The van der Waals surface area contributed by atoms with Crippen LogP contribution in [0.1, 0.15) is 37.9 Å². The van der Waals surface area contributed by atoms with E-state index in [4.69, 9.17) is 32.7 Å². The molecular formula is C22H28Cl2N2O3. The number of nitrogens with one attached hydrogen (secondary N) is 1. The van der Waals surface area contributed by atoms with Gasteiger partial charge in [-0.05, 0) is 56.2 Å². The van der Waals surface area contributed by atoms with Gasteiger partial charge in [-0.2, -0.15) is 0 Å². The van der Waals surface area contributed by atoms with Gasteiger partial charge in [0.1, 0.15) is 0 Å². The molecule has 0 radical (unpaired) electrons. The summed E-state index contributed by atoms with van der Waals surface area (Å²) in [5.74, 6) is 1.06. The van der Waals surface area contributed by atoms with E-state index in [-0.39, 0.29) is 11.9 Å². The van der Waals surface area contributed by atoms with E-state index >= 15 is 0 Å². The zero-order chi connectivity index (χ0) is 21.6. The summed E-state index contributed by atoms with van der Waals surface area (Å²) < 4.78 is 11.6. The Morgan fingerprint density at radius 3 is 2.45 bits per heavy atom. The van der Waals surface area contributed by atoms with Crippen LogP contribution < -0.4 is 14.8 Å². The first-order valence-electron chi connectivity index (χ1n) is 9.54.